The monoisotopic (exact) mass is 281 g/mol. The van der Waals surface area contributed by atoms with Gasteiger partial charge in [0.25, 0.3) is 0 Å². The molecule has 1 aliphatic heterocycles. The van der Waals surface area contributed by atoms with Crippen LogP contribution >= 0.6 is 11.6 Å². The van der Waals surface area contributed by atoms with Crippen LogP contribution in [0.3, 0.4) is 0 Å². The minimum Gasteiger partial charge on any atom is -0.379 e. The molecule has 1 fully saturated rings. The highest BCUT2D eigenvalue weighted by molar-refractivity contribution is 6.33. The predicted molar refractivity (Wildman–Crippen MR) is 72.0 cm³/mol. The lowest BCUT2D eigenvalue weighted by molar-refractivity contribution is -0.00545. The highest BCUT2D eigenvalue weighted by Crippen LogP contribution is 2.20. The van der Waals surface area contributed by atoms with E-state index >= 15 is 0 Å². The van der Waals surface area contributed by atoms with Crippen LogP contribution in [0.25, 0.3) is 11.0 Å². The number of hydrogen-bond donors (Lipinski definition) is 0. The van der Waals surface area contributed by atoms with Crippen molar-refractivity contribution in [2.45, 2.75) is 19.5 Å². The first-order valence-corrected chi connectivity index (χ1v) is 6.69. The highest BCUT2D eigenvalue weighted by Gasteiger charge is 2.20. The molecule has 3 rings (SSSR count). The van der Waals surface area contributed by atoms with Crippen LogP contribution in [0, 0.1) is 0 Å². The van der Waals surface area contributed by atoms with Crippen LogP contribution in [0.4, 0.5) is 0 Å². The molecule has 0 amide bonds. The summed E-state index contributed by atoms with van der Waals surface area (Å²) in [5, 5.41) is 5.42. The van der Waals surface area contributed by atoms with Gasteiger partial charge in [-0.25, -0.2) is 9.97 Å². The Kier molecular flexibility index (Phi) is 3.38. The third-order valence-corrected chi connectivity index (χ3v) is 3.73. The van der Waals surface area contributed by atoms with Gasteiger partial charge in [0.1, 0.15) is 11.0 Å². The Morgan fingerprint density at radius 2 is 2.32 bits per heavy atom. The molecule has 0 spiro atoms. The van der Waals surface area contributed by atoms with Gasteiger partial charge < -0.3 is 4.74 Å². The van der Waals surface area contributed by atoms with Crippen molar-refractivity contribution in [1.82, 2.24) is 24.6 Å². The lowest BCUT2D eigenvalue weighted by Gasteiger charge is -2.32. The number of halogens is 1. The minimum atomic E-state index is 0.373. The third-order valence-electron chi connectivity index (χ3n) is 3.44. The minimum absolute atomic E-state index is 0.373. The summed E-state index contributed by atoms with van der Waals surface area (Å²) in [6.45, 7) is 5.23. The predicted octanol–water partition coefficient (Wildman–Crippen LogP) is 1.24. The quantitative estimate of drug-likeness (QED) is 0.775. The molecule has 1 unspecified atom stereocenters. The molecule has 19 heavy (non-hydrogen) atoms. The van der Waals surface area contributed by atoms with Crippen LogP contribution in [0.1, 0.15) is 12.7 Å². The average molecular weight is 282 g/mol. The van der Waals surface area contributed by atoms with Gasteiger partial charge in [0.15, 0.2) is 5.65 Å². The second-order valence-corrected chi connectivity index (χ2v) is 5.19. The zero-order chi connectivity index (χ0) is 13.4. The van der Waals surface area contributed by atoms with Gasteiger partial charge in [-0.15, -0.1) is 0 Å². The fourth-order valence-electron chi connectivity index (χ4n) is 2.28. The largest absolute Gasteiger partial charge is 0.379 e. The number of morpholine rings is 1. The summed E-state index contributed by atoms with van der Waals surface area (Å²) in [4.78, 5) is 11.2. The second-order valence-electron chi connectivity index (χ2n) is 4.83. The van der Waals surface area contributed by atoms with Crippen molar-refractivity contribution in [2.75, 3.05) is 19.8 Å². The molecule has 1 aliphatic rings. The lowest BCUT2D eigenvalue weighted by atomic mass is 10.2. The maximum Gasteiger partial charge on any atom is 0.162 e. The average Bonchev–Trinajstić information content (AvgIpc) is 2.75. The standard InChI is InChI=1S/C12H16ClN5O/c1-8-7-19-4-3-18(8)6-10-15-11(13)9-5-14-17(2)12(9)16-10/h5,8H,3-4,6-7H2,1-2H3. The van der Waals surface area contributed by atoms with Crippen molar-refractivity contribution >= 4 is 22.6 Å². The lowest BCUT2D eigenvalue weighted by Crippen LogP contribution is -2.43. The number of aryl methyl sites for hydroxylation is 1. The number of rotatable bonds is 2. The molecule has 0 N–H and O–H groups in total. The third kappa shape index (κ3) is 2.43. The smallest absolute Gasteiger partial charge is 0.162 e. The van der Waals surface area contributed by atoms with Gasteiger partial charge in [0.05, 0.1) is 31.3 Å². The van der Waals surface area contributed by atoms with Crippen LogP contribution in [0.2, 0.25) is 5.15 Å². The van der Waals surface area contributed by atoms with Crippen molar-refractivity contribution in [3.63, 3.8) is 0 Å². The summed E-state index contributed by atoms with van der Waals surface area (Å²) in [7, 11) is 1.85. The summed E-state index contributed by atoms with van der Waals surface area (Å²) in [5.41, 5.74) is 0.774. The Hall–Kier alpha value is -1.24. The molecule has 0 saturated carbocycles. The van der Waals surface area contributed by atoms with E-state index in [2.05, 4.69) is 26.9 Å². The Labute approximate surface area is 116 Å². The normalized spacial score (nSPS) is 21.1. The fraction of sp³-hybridized carbons (Fsp3) is 0.583. The van der Waals surface area contributed by atoms with Crippen LogP contribution in [0.15, 0.2) is 6.20 Å². The molecule has 3 heterocycles. The van der Waals surface area contributed by atoms with Gasteiger partial charge >= 0.3 is 0 Å². The number of hydrogen-bond acceptors (Lipinski definition) is 5. The fourth-order valence-corrected chi connectivity index (χ4v) is 2.51. The van der Waals surface area contributed by atoms with Crippen LogP contribution < -0.4 is 0 Å². The van der Waals surface area contributed by atoms with E-state index in [-0.39, 0.29) is 0 Å². The van der Waals surface area contributed by atoms with Gasteiger partial charge in [-0.3, -0.25) is 9.58 Å². The molecule has 0 radical (unpaired) electrons. The Bertz CT molecular complexity index is 599. The highest BCUT2D eigenvalue weighted by atomic mass is 35.5. The van der Waals surface area contributed by atoms with Crippen molar-refractivity contribution in [1.29, 1.82) is 0 Å². The van der Waals surface area contributed by atoms with Crippen molar-refractivity contribution in [2.24, 2.45) is 7.05 Å². The number of aromatic nitrogens is 4. The number of nitrogens with zero attached hydrogens (tertiary/aromatic N) is 5. The van der Waals surface area contributed by atoms with E-state index < -0.39 is 0 Å². The summed E-state index contributed by atoms with van der Waals surface area (Å²) in [6.07, 6.45) is 1.69. The van der Waals surface area contributed by atoms with Crippen LogP contribution in [-0.4, -0.2) is 50.4 Å². The summed E-state index contributed by atoms with van der Waals surface area (Å²) in [5.74, 6) is 0.731. The van der Waals surface area contributed by atoms with Crippen LogP contribution in [-0.2, 0) is 18.3 Å². The molecule has 1 atom stereocenters. The first-order chi connectivity index (χ1) is 9.15. The molecular formula is C12H16ClN5O. The van der Waals surface area contributed by atoms with E-state index in [1.54, 1.807) is 10.9 Å². The maximum atomic E-state index is 6.18. The molecule has 0 aromatic carbocycles. The van der Waals surface area contributed by atoms with Crippen molar-refractivity contribution in [3.05, 3.63) is 17.2 Å². The van der Waals surface area contributed by atoms with E-state index in [1.807, 2.05) is 7.05 Å². The zero-order valence-corrected chi connectivity index (χ0v) is 11.8. The first-order valence-electron chi connectivity index (χ1n) is 6.31. The molecule has 6 nitrogen and oxygen atoms in total. The van der Waals surface area contributed by atoms with Crippen molar-refractivity contribution in [3.8, 4) is 0 Å². The second kappa shape index (κ2) is 5.03. The van der Waals surface area contributed by atoms with E-state index in [9.17, 15) is 0 Å². The Balaban J connectivity index is 1.90. The molecule has 7 heteroatoms. The van der Waals surface area contributed by atoms with Crippen molar-refractivity contribution < 1.29 is 4.74 Å². The topological polar surface area (TPSA) is 56.1 Å². The molecule has 2 aromatic rings. The first kappa shape index (κ1) is 12.8. The number of fused-ring (bicyclic) bond motifs is 1. The van der Waals surface area contributed by atoms with Gasteiger partial charge in [0.2, 0.25) is 0 Å². The maximum absolute atomic E-state index is 6.18. The Morgan fingerprint density at radius 3 is 3.11 bits per heavy atom. The van der Waals surface area contributed by atoms with E-state index in [1.165, 1.54) is 0 Å². The number of ether oxygens (including phenoxy) is 1. The molecule has 0 aliphatic carbocycles. The van der Waals surface area contributed by atoms with Gasteiger partial charge in [0, 0.05) is 19.6 Å². The Morgan fingerprint density at radius 1 is 1.47 bits per heavy atom. The zero-order valence-electron chi connectivity index (χ0n) is 11.0. The molecule has 1 saturated heterocycles. The van der Waals surface area contributed by atoms with E-state index in [4.69, 9.17) is 16.3 Å². The summed E-state index contributed by atoms with van der Waals surface area (Å²) in [6, 6.07) is 0.373. The van der Waals surface area contributed by atoms with Gasteiger partial charge in [-0.1, -0.05) is 11.6 Å². The van der Waals surface area contributed by atoms with Crippen LogP contribution in [0.5, 0.6) is 0 Å². The molecule has 2 aromatic heterocycles. The SMILES string of the molecule is CC1COCCN1Cc1nc(Cl)c2cnn(C)c2n1. The molecule has 0 bridgehead atoms. The van der Waals surface area contributed by atoms with E-state index in [0.717, 1.165) is 36.6 Å². The summed E-state index contributed by atoms with van der Waals surface area (Å²) < 4.78 is 7.15. The van der Waals surface area contributed by atoms with Gasteiger partial charge in [-0.2, -0.15) is 5.10 Å². The molecule has 102 valence electrons. The summed E-state index contributed by atoms with van der Waals surface area (Å²) >= 11 is 6.18. The van der Waals surface area contributed by atoms with Gasteiger partial charge in [-0.05, 0) is 6.92 Å². The van der Waals surface area contributed by atoms with E-state index in [0.29, 0.717) is 17.7 Å². The molecular weight excluding hydrogens is 266 g/mol.